The monoisotopic (exact) mass is 580 g/mol. The summed E-state index contributed by atoms with van der Waals surface area (Å²) in [6, 6.07) is 10.8. The Balaban J connectivity index is 2.03. The highest BCUT2D eigenvalue weighted by Gasteiger charge is 2.31. The number of unbranched alkanes of at least 4 members (excludes halogenated alkanes) is 3. The van der Waals surface area contributed by atoms with Crippen LogP contribution in [0.1, 0.15) is 90.8 Å². The van der Waals surface area contributed by atoms with E-state index in [9.17, 15) is 30.4 Å². The first-order valence-electron chi connectivity index (χ1n) is 14.0. The second kappa shape index (κ2) is 12.7. The van der Waals surface area contributed by atoms with Gasteiger partial charge in [-0.2, -0.15) is 0 Å². The van der Waals surface area contributed by atoms with Gasteiger partial charge in [0.1, 0.15) is 23.0 Å². The number of phenols is 2. The summed E-state index contributed by atoms with van der Waals surface area (Å²) in [6.45, 7) is 13.1. The largest absolute Gasteiger partial charge is 0.502 e. The molecule has 0 radical (unpaired) electrons. The van der Waals surface area contributed by atoms with Crippen LogP contribution in [0.3, 0.4) is 0 Å². The molecule has 0 spiro atoms. The van der Waals surface area contributed by atoms with E-state index in [2.05, 4.69) is 6.92 Å². The second-order valence-electron chi connectivity index (χ2n) is 12.5. The summed E-state index contributed by atoms with van der Waals surface area (Å²) in [5, 5.41) is 44.3. The number of rotatable bonds is 11. The Morgan fingerprint density at radius 3 is 1.64 bits per heavy atom. The molecule has 3 aromatic carbocycles. The van der Waals surface area contributed by atoms with Gasteiger partial charge in [-0.25, -0.2) is 0 Å². The Morgan fingerprint density at radius 1 is 0.690 bits per heavy atom. The molecule has 0 atom stereocenters. The summed E-state index contributed by atoms with van der Waals surface area (Å²) in [6.07, 6.45) is 4.72. The minimum Gasteiger partial charge on any atom is -0.502 e. The van der Waals surface area contributed by atoms with Crippen LogP contribution < -0.4 is 9.47 Å². The molecule has 0 saturated carbocycles. The van der Waals surface area contributed by atoms with E-state index >= 15 is 0 Å². The molecule has 2 N–H and O–H groups in total. The number of aryl methyl sites for hydroxylation is 1. The van der Waals surface area contributed by atoms with Crippen molar-refractivity contribution < 1.29 is 29.5 Å². The van der Waals surface area contributed by atoms with Crippen molar-refractivity contribution >= 4 is 11.4 Å². The summed E-state index contributed by atoms with van der Waals surface area (Å²) in [4.78, 5) is 22.1. The number of nitro groups is 2. The van der Waals surface area contributed by atoms with Crippen LogP contribution in [0.5, 0.6) is 34.5 Å². The third kappa shape index (κ3) is 7.69. The Bertz CT molecular complexity index is 1470. The standard InChI is InChI=1S/C32H40N2O8/c1-8-9-10-11-12-20-15-21(41-22-16-24(31(2,3)4)29(33(37)38)26(35)18-22)13-14-28(20)42-23-17-25(32(5,6)7)30(34(39)40)27(36)19-23/h13-19,35-36H,8-12H2,1-7H3. The first-order valence-corrected chi connectivity index (χ1v) is 14.0. The van der Waals surface area contributed by atoms with Crippen molar-refractivity contribution in [3.63, 3.8) is 0 Å². The fraction of sp³-hybridized carbons (Fsp3) is 0.438. The SMILES string of the molecule is CCCCCCc1cc(Oc2cc(O)c([N+](=O)[O-])c(C(C)(C)C)c2)ccc1Oc1cc(O)c([N+](=O)[O-])c(C(C)(C)C)c1. The molecule has 0 aliphatic heterocycles. The number of nitrogens with zero attached hydrogens (tertiary/aromatic N) is 2. The topological polar surface area (TPSA) is 145 Å². The van der Waals surface area contributed by atoms with E-state index in [1.807, 2.05) is 47.6 Å². The van der Waals surface area contributed by atoms with E-state index in [4.69, 9.17) is 9.47 Å². The first-order chi connectivity index (χ1) is 19.5. The van der Waals surface area contributed by atoms with Gasteiger partial charge >= 0.3 is 11.4 Å². The highest BCUT2D eigenvalue weighted by atomic mass is 16.6. The molecule has 0 aliphatic rings. The van der Waals surface area contributed by atoms with Gasteiger partial charge in [0, 0.05) is 23.3 Å². The lowest BCUT2D eigenvalue weighted by Gasteiger charge is -2.21. The maximum absolute atomic E-state index is 11.7. The van der Waals surface area contributed by atoms with Crippen LogP contribution in [0, 0.1) is 20.2 Å². The van der Waals surface area contributed by atoms with Crippen molar-refractivity contribution in [2.75, 3.05) is 0 Å². The number of hydrogen-bond acceptors (Lipinski definition) is 8. The van der Waals surface area contributed by atoms with Crippen LogP contribution in [0.15, 0.2) is 42.5 Å². The summed E-state index contributed by atoms with van der Waals surface area (Å²) in [5.41, 5.74) is -0.433. The number of aromatic hydroxyl groups is 2. The molecule has 10 nitrogen and oxygen atoms in total. The lowest BCUT2D eigenvalue weighted by atomic mass is 9.85. The second-order valence-corrected chi connectivity index (χ2v) is 12.5. The minimum absolute atomic E-state index is 0.253. The van der Waals surface area contributed by atoms with Crippen molar-refractivity contribution in [1.29, 1.82) is 0 Å². The molecule has 3 rings (SSSR count). The van der Waals surface area contributed by atoms with Gasteiger partial charge in [-0.05, 0) is 59.6 Å². The van der Waals surface area contributed by atoms with E-state index in [1.165, 1.54) is 12.1 Å². The molecule has 3 aromatic rings. The molecule has 0 fully saturated rings. The minimum atomic E-state index is -0.623. The van der Waals surface area contributed by atoms with Crippen LogP contribution in [0.2, 0.25) is 0 Å². The molecule has 0 aliphatic carbocycles. The molecular formula is C32H40N2O8. The number of nitro benzene ring substituents is 2. The smallest absolute Gasteiger partial charge is 0.314 e. The summed E-state index contributed by atoms with van der Waals surface area (Å²) < 4.78 is 12.3. The molecule has 0 aromatic heterocycles. The van der Waals surface area contributed by atoms with Gasteiger partial charge in [0.25, 0.3) is 0 Å². The zero-order chi connectivity index (χ0) is 31.4. The summed E-state index contributed by atoms with van der Waals surface area (Å²) in [7, 11) is 0. The number of hydrogen-bond donors (Lipinski definition) is 2. The Labute approximate surface area is 246 Å². The van der Waals surface area contributed by atoms with Crippen LogP contribution in [-0.4, -0.2) is 20.1 Å². The molecule has 0 unspecified atom stereocenters. The van der Waals surface area contributed by atoms with Crippen LogP contribution in [-0.2, 0) is 17.3 Å². The third-order valence-electron chi connectivity index (χ3n) is 6.90. The fourth-order valence-electron chi connectivity index (χ4n) is 4.75. The Hall–Kier alpha value is -4.34. The summed E-state index contributed by atoms with van der Waals surface area (Å²) in [5.74, 6) is 0.524. The van der Waals surface area contributed by atoms with E-state index in [-0.39, 0.29) is 22.9 Å². The number of benzene rings is 3. The molecule has 226 valence electrons. The van der Waals surface area contributed by atoms with Gasteiger partial charge in [0.15, 0.2) is 11.5 Å². The van der Waals surface area contributed by atoms with E-state index < -0.39 is 32.2 Å². The van der Waals surface area contributed by atoms with E-state index in [1.54, 1.807) is 24.3 Å². The van der Waals surface area contributed by atoms with Gasteiger partial charge in [-0.3, -0.25) is 20.2 Å². The number of phenolic OH excluding ortho intramolecular Hbond substituents is 2. The maximum atomic E-state index is 11.7. The van der Waals surface area contributed by atoms with Gasteiger partial charge < -0.3 is 19.7 Å². The van der Waals surface area contributed by atoms with Crippen LogP contribution >= 0.6 is 0 Å². The predicted molar refractivity (Wildman–Crippen MR) is 161 cm³/mol. The van der Waals surface area contributed by atoms with Crippen molar-refractivity contribution in [2.45, 2.75) is 91.4 Å². The van der Waals surface area contributed by atoms with Crippen LogP contribution in [0.25, 0.3) is 0 Å². The molecule has 42 heavy (non-hydrogen) atoms. The molecule has 0 heterocycles. The van der Waals surface area contributed by atoms with E-state index in [0.717, 1.165) is 31.2 Å². The average molecular weight is 581 g/mol. The molecular weight excluding hydrogens is 540 g/mol. The molecule has 10 heteroatoms. The lowest BCUT2D eigenvalue weighted by Crippen LogP contribution is -2.14. The first kappa shape index (κ1) is 32.2. The van der Waals surface area contributed by atoms with Gasteiger partial charge in [-0.15, -0.1) is 0 Å². The molecule has 0 bridgehead atoms. The predicted octanol–water partition coefficient (Wildman–Crippen LogP) is 9.22. The Kier molecular flexibility index (Phi) is 9.71. The molecule has 0 amide bonds. The van der Waals surface area contributed by atoms with E-state index in [0.29, 0.717) is 29.0 Å². The van der Waals surface area contributed by atoms with Crippen LogP contribution in [0.4, 0.5) is 11.4 Å². The summed E-state index contributed by atoms with van der Waals surface area (Å²) >= 11 is 0. The zero-order valence-corrected chi connectivity index (χ0v) is 25.3. The van der Waals surface area contributed by atoms with Crippen molar-refractivity contribution in [3.05, 3.63) is 79.4 Å². The van der Waals surface area contributed by atoms with Gasteiger partial charge in [-0.1, -0.05) is 67.7 Å². The Morgan fingerprint density at radius 2 is 1.19 bits per heavy atom. The maximum Gasteiger partial charge on any atom is 0.314 e. The number of ether oxygens (including phenoxy) is 2. The van der Waals surface area contributed by atoms with Crippen molar-refractivity contribution in [3.8, 4) is 34.5 Å². The van der Waals surface area contributed by atoms with Gasteiger partial charge in [0.05, 0.1) is 9.85 Å². The highest BCUT2D eigenvalue weighted by Crippen LogP contribution is 2.44. The normalized spacial score (nSPS) is 11.8. The van der Waals surface area contributed by atoms with Crippen molar-refractivity contribution in [1.82, 2.24) is 0 Å². The molecule has 0 saturated heterocycles. The van der Waals surface area contributed by atoms with Gasteiger partial charge in [0.2, 0.25) is 0 Å². The quantitative estimate of drug-likeness (QED) is 0.130. The average Bonchev–Trinajstić information content (AvgIpc) is 2.85. The van der Waals surface area contributed by atoms with Crippen molar-refractivity contribution in [2.24, 2.45) is 0 Å². The lowest BCUT2D eigenvalue weighted by molar-refractivity contribution is -0.387. The fourth-order valence-corrected chi connectivity index (χ4v) is 4.75. The zero-order valence-electron chi connectivity index (χ0n) is 25.3. The highest BCUT2D eigenvalue weighted by molar-refractivity contribution is 5.60. The third-order valence-corrected chi connectivity index (χ3v) is 6.90.